The van der Waals surface area contributed by atoms with Crippen LogP contribution in [0, 0.1) is 10.1 Å². The van der Waals surface area contributed by atoms with Crippen LogP contribution in [0.4, 0.5) is 5.69 Å². The van der Waals surface area contributed by atoms with E-state index in [1.165, 1.54) is 23.9 Å². The van der Waals surface area contributed by atoms with Crippen molar-refractivity contribution in [1.82, 2.24) is 10.2 Å². The van der Waals surface area contributed by atoms with Crippen LogP contribution in [0.25, 0.3) is 0 Å². The molecule has 0 saturated carbocycles. The molecule has 1 N–H and O–H groups in total. The summed E-state index contributed by atoms with van der Waals surface area (Å²) in [5.41, 5.74) is 1.87. The first-order valence-corrected chi connectivity index (χ1v) is 11.8. The molecule has 1 atom stereocenters. The Morgan fingerprint density at radius 3 is 2.19 bits per heavy atom. The number of non-ortho nitro benzene ring substituents is 1. The summed E-state index contributed by atoms with van der Waals surface area (Å²) < 4.78 is 0.943. The monoisotopic (exact) mass is 507 g/mol. The van der Waals surface area contributed by atoms with Crippen LogP contribution in [0.1, 0.15) is 31.9 Å². The molecule has 2 aromatic carbocycles. The molecule has 0 saturated heterocycles. The molecule has 166 valence electrons. The quantitative estimate of drug-likeness (QED) is 0.376. The van der Waals surface area contributed by atoms with E-state index < -0.39 is 11.0 Å². The molecule has 0 aliphatic carbocycles. The molecule has 2 rings (SSSR count). The van der Waals surface area contributed by atoms with Gasteiger partial charge in [0.15, 0.2) is 0 Å². The Bertz CT molecular complexity index is 904. The van der Waals surface area contributed by atoms with E-state index in [1.54, 1.807) is 24.0 Å². The highest BCUT2D eigenvalue weighted by Crippen LogP contribution is 2.19. The molecule has 0 heterocycles. The second-order valence-electron chi connectivity index (χ2n) is 7.40. The highest BCUT2D eigenvalue weighted by Gasteiger charge is 2.26. The third kappa shape index (κ3) is 7.99. The zero-order valence-electron chi connectivity index (χ0n) is 17.7. The van der Waals surface area contributed by atoms with E-state index >= 15 is 0 Å². The normalized spacial score (nSPS) is 11.8. The van der Waals surface area contributed by atoms with Crippen LogP contribution in [0.3, 0.4) is 0 Å². The fourth-order valence-electron chi connectivity index (χ4n) is 2.83. The second-order valence-corrected chi connectivity index (χ2v) is 9.30. The number of carbonyl (C=O) groups excluding carboxylic acids is 2. The number of amides is 2. The predicted molar refractivity (Wildman–Crippen MR) is 127 cm³/mol. The Morgan fingerprint density at radius 2 is 1.65 bits per heavy atom. The summed E-state index contributed by atoms with van der Waals surface area (Å²) in [6.07, 6.45) is 0. The SMILES string of the molecule is CC(C)NC(=O)C(C)N(Cc1ccc(Br)cc1)C(=O)CSCc1ccc([N+](=O)[O-])cc1. The highest BCUT2D eigenvalue weighted by molar-refractivity contribution is 9.10. The number of nitrogens with zero attached hydrogens (tertiary/aromatic N) is 2. The van der Waals surface area contributed by atoms with E-state index in [0.717, 1.165) is 15.6 Å². The highest BCUT2D eigenvalue weighted by atomic mass is 79.9. The van der Waals surface area contributed by atoms with Gasteiger partial charge in [-0.25, -0.2) is 0 Å². The lowest BCUT2D eigenvalue weighted by Gasteiger charge is -2.29. The number of halogens is 1. The molecule has 0 radical (unpaired) electrons. The minimum absolute atomic E-state index is 0.0175. The van der Waals surface area contributed by atoms with Crippen molar-refractivity contribution in [3.05, 3.63) is 74.2 Å². The first-order valence-electron chi connectivity index (χ1n) is 9.82. The summed E-state index contributed by atoms with van der Waals surface area (Å²) in [4.78, 5) is 37.5. The van der Waals surface area contributed by atoms with Gasteiger partial charge in [0.25, 0.3) is 5.69 Å². The molecule has 0 aliphatic heterocycles. The van der Waals surface area contributed by atoms with Crippen molar-refractivity contribution in [3.8, 4) is 0 Å². The van der Waals surface area contributed by atoms with Crippen molar-refractivity contribution in [2.24, 2.45) is 0 Å². The molecule has 1 unspecified atom stereocenters. The molecule has 7 nitrogen and oxygen atoms in total. The fraction of sp³-hybridized carbons (Fsp3) is 0.364. The van der Waals surface area contributed by atoms with Gasteiger partial charge in [-0.3, -0.25) is 19.7 Å². The van der Waals surface area contributed by atoms with E-state index in [4.69, 9.17) is 0 Å². The molecule has 0 aromatic heterocycles. The third-order valence-corrected chi connectivity index (χ3v) is 6.02. The first kappa shape index (κ1) is 24.9. The topological polar surface area (TPSA) is 92.6 Å². The average molecular weight is 508 g/mol. The lowest BCUT2D eigenvalue weighted by molar-refractivity contribution is -0.384. The van der Waals surface area contributed by atoms with Crippen molar-refractivity contribution in [1.29, 1.82) is 0 Å². The van der Waals surface area contributed by atoms with Gasteiger partial charge >= 0.3 is 0 Å². The van der Waals surface area contributed by atoms with Crippen LogP contribution in [0.15, 0.2) is 53.0 Å². The van der Waals surface area contributed by atoms with E-state index in [2.05, 4.69) is 21.2 Å². The van der Waals surface area contributed by atoms with Gasteiger partial charge in [-0.1, -0.05) is 40.2 Å². The minimum atomic E-state index is -0.612. The third-order valence-electron chi connectivity index (χ3n) is 4.51. The number of hydrogen-bond acceptors (Lipinski definition) is 5. The summed E-state index contributed by atoms with van der Waals surface area (Å²) in [7, 11) is 0. The Balaban J connectivity index is 2.04. The Labute approximate surface area is 194 Å². The lowest BCUT2D eigenvalue weighted by Crippen LogP contribution is -2.49. The van der Waals surface area contributed by atoms with Crippen molar-refractivity contribution in [2.75, 3.05) is 5.75 Å². The number of nitro benzene ring substituents is 1. The molecule has 2 amide bonds. The van der Waals surface area contributed by atoms with Crippen LogP contribution < -0.4 is 5.32 Å². The standard InChI is InChI=1S/C22H26BrN3O4S/c1-15(2)24-22(28)16(3)25(12-17-4-8-19(23)9-5-17)21(27)14-31-13-18-6-10-20(11-7-18)26(29)30/h4-11,15-16H,12-14H2,1-3H3,(H,24,28). The zero-order valence-corrected chi connectivity index (χ0v) is 20.1. The molecular weight excluding hydrogens is 482 g/mol. The summed E-state index contributed by atoms with van der Waals surface area (Å²) in [5.74, 6) is 0.414. The zero-order chi connectivity index (χ0) is 23.0. The van der Waals surface area contributed by atoms with Crippen LogP contribution in [0.2, 0.25) is 0 Å². The Morgan fingerprint density at radius 1 is 1.06 bits per heavy atom. The van der Waals surface area contributed by atoms with Gasteiger partial charge in [-0.2, -0.15) is 0 Å². The summed E-state index contributed by atoms with van der Waals surface area (Å²) in [5, 5.41) is 13.6. The molecule has 0 aliphatic rings. The van der Waals surface area contributed by atoms with Crippen molar-refractivity contribution < 1.29 is 14.5 Å². The second kappa shape index (κ2) is 11.9. The van der Waals surface area contributed by atoms with Crippen LogP contribution in [-0.4, -0.2) is 39.5 Å². The number of carbonyl (C=O) groups is 2. The van der Waals surface area contributed by atoms with Gasteiger partial charge in [0.05, 0.1) is 10.7 Å². The average Bonchev–Trinajstić information content (AvgIpc) is 2.72. The number of nitro groups is 1. The van der Waals surface area contributed by atoms with Crippen LogP contribution in [-0.2, 0) is 21.9 Å². The molecule has 31 heavy (non-hydrogen) atoms. The van der Waals surface area contributed by atoms with E-state index in [9.17, 15) is 19.7 Å². The van der Waals surface area contributed by atoms with Gasteiger partial charge < -0.3 is 10.2 Å². The maximum Gasteiger partial charge on any atom is 0.269 e. The van der Waals surface area contributed by atoms with E-state index in [-0.39, 0.29) is 29.3 Å². The van der Waals surface area contributed by atoms with E-state index in [0.29, 0.717) is 12.3 Å². The van der Waals surface area contributed by atoms with Crippen molar-refractivity contribution >= 4 is 45.2 Å². The van der Waals surface area contributed by atoms with Gasteiger partial charge in [0, 0.05) is 34.9 Å². The Hall–Kier alpha value is -2.39. The smallest absolute Gasteiger partial charge is 0.269 e. The van der Waals surface area contributed by atoms with Crippen molar-refractivity contribution in [3.63, 3.8) is 0 Å². The number of thioether (sulfide) groups is 1. The van der Waals surface area contributed by atoms with Crippen LogP contribution in [0.5, 0.6) is 0 Å². The molecular formula is C22H26BrN3O4S. The Kier molecular flexibility index (Phi) is 9.51. The molecule has 0 fully saturated rings. The summed E-state index contributed by atoms with van der Waals surface area (Å²) in [6, 6.07) is 13.3. The molecule has 0 spiro atoms. The maximum absolute atomic E-state index is 13.0. The van der Waals surface area contributed by atoms with Crippen LogP contribution >= 0.6 is 27.7 Å². The fourth-order valence-corrected chi connectivity index (χ4v) is 3.96. The van der Waals surface area contributed by atoms with Gasteiger partial charge in [0.2, 0.25) is 11.8 Å². The first-order chi connectivity index (χ1) is 14.7. The van der Waals surface area contributed by atoms with Crippen molar-refractivity contribution in [2.45, 2.75) is 45.2 Å². The number of rotatable bonds is 10. The predicted octanol–water partition coefficient (Wildman–Crippen LogP) is 4.53. The molecule has 2 aromatic rings. The number of benzene rings is 2. The minimum Gasteiger partial charge on any atom is -0.352 e. The number of nitrogens with one attached hydrogen (secondary N) is 1. The van der Waals surface area contributed by atoms with Gasteiger partial charge in [0.1, 0.15) is 6.04 Å². The number of hydrogen-bond donors (Lipinski definition) is 1. The molecule has 9 heteroatoms. The van der Waals surface area contributed by atoms with Gasteiger partial charge in [-0.15, -0.1) is 11.8 Å². The maximum atomic E-state index is 13.0. The summed E-state index contributed by atoms with van der Waals surface area (Å²) >= 11 is 4.82. The summed E-state index contributed by atoms with van der Waals surface area (Å²) in [6.45, 7) is 5.82. The largest absolute Gasteiger partial charge is 0.352 e. The molecule has 0 bridgehead atoms. The lowest BCUT2D eigenvalue weighted by atomic mass is 10.1. The van der Waals surface area contributed by atoms with Gasteiger partial charge in [-0.05, 0) is 44.0 Å². The van der Waals surface area contributed by atoms with E-state index in [1.807, 2.05) is 38.1 Å².